The zero-order valence-corrected chi connectivity index (χ0v) is 13.1. The molecule has 3 heteroatoms. The first-order chi connectivity index (χ1) is 10.3. The summed E-state index contributed by atoms with van der Waals surface area (Å²) in [5.41, 5.74) is 8.64. The van der Waals surface area contributed by atoms with Crippen molar-refractivity contribution in [3.63, 3.8) is 0 Å². The third-order valence-corrected chi connectivity index (χ3v) is 5.19. The summed E-state index contributed by atoms with van der Waals surface area (Å²) in [7, 11) is 0. The van der Waals surface area contributed by atoms with Gasteiger partial charge in [-0.3, -0.25) is 0 Å². The minimum Gasteiger partial charge on any atom is -0.492 e. The monoisotopic (exact) mass is 299 g/mol. The SMILES string of the molecule is CC[C@@H](N)c1ccc(OCC2Cc3ccccc3S2)cc1. The lowest BCUT2D eigenvalue weighted by molar-refractivity contribution is 0.317. The predicted octanol–water partition coefficient (Wildman–Crippen LogP) is 4.19. The Kier molecular flexibility index (Phi) is 4.51. The summed E-state index contributed by atoms with van der Waals surface area (Å²) in [6.07, 6.45) is 2.05. The molecule has 2 aromatic carbocycles. The van der Waals surface area contributed by atoms with Gasteiger partial charge < -0.3 is 10.5 Å². The van der Waals surface area contributed by atoms with Gasteiger partial charge in [0, 0.05) is 16.2 Å². The van der Waals surface area contributed by atoms with Crippen LogP contribution in [-0.4, -0.2) is 11.9 Å². The van der Waals surface area contributed by atoms with Gasteiger partial charge in [-0.1, -0.05) is 37.3 Å². The van der Waals surface area contributed by atoms with Gasteiger partial charge in [0.1, 0.15) is 12.4 Å². The van der Waals surface area contributed by atoms with Crippen molar-refractivity contribution in [2.24, 2.45) is 5.73 Å². The van der Waals surface area contributed by atoms with Crippen LogP contribution in [-0.2, 0) is 6.42 Å². The lowest BCUT2D eigenvalue weighted by atomic mass is 10.1. The fraction of sp³-hybridized carbons (Fsp3) is 0.333. The Hall–Kier alpha value is -1.45. The third kappa shape index (κ3) is 3.42. The molecule has 1 unspecified atom stereocenters. The molecule has 21 heavy (non-hydrogen) atoms. The van der Waals surface area contributed by atoms with E-state index in [0.717, 1.165) is 25.2 Å². The fourth-order valence-corrected chi connectivity index (χ4v) is 3.80. The topological polar surface area (TPSA) is 35.2 Å². The second-order valence-electron chi connectivity index (χ2n) is 5.45. The molecule has 0 radical (unpaired) electrons. The Morgan fingerprint density at radius 1 is 1.19 bits per heavy atom. The van der Waals surface area contributed by atoms with E-state index in [4.69, 9.17) is 10.5 Å². The van der Waals surface area contributed by atoms with E-state index < -0.39 is 0 Å². The van der Waals surface area contributed by atoms with Gasteiger partial charge in [-0.2, -0.15) is 0 Å². The number of ether oxygens (including phenoxy) is 1. The van der Waals surface area contributed by atoms with Crippen molar-refractivity contribution in [3.05, 3.63) is 59.7 Å². The van der Waals surface area contributed by atoms with Gasteiger partial charge in [0.25, 0.3) is 0 Å². The first-order valence-corrected chi connectivity index (χ1v) is 8.37. The molecule has 110 valence electrons. The molecule has 0 amide bonds. The van der Waals surface area contributed by atoms with Crippen LogP contribution in [0.1, 0.15) is 30.5 Å². The Labute approximate surface area is 130 Å². The predicted molar refractivity (Wildman–Crippen MR) is 88.9 cm³/mol. The summed E-state index contributed by atoms with van der Waals surface area (Å²) in [6, 6.07) is 16.9. The number of benzene rings is 2. The minimum atomic E-state index is 0.124. The average molecular weight is 299 g/mol. The average Bonchev–Trinajstić information content (AvgIpc) is 2.95. The second-order valence-corrected chi connectivity index (χ2v) is 6.79. The Morgan fingerprint density at radius 3 is 2.67 bits per heavy atom. The number of nitrogens with two attached hydrogens (primary N) is 1. The number of hydrogen-bond acceptors (Lipinski definition) is 3. The fourth-order valence-electron chi connectivity index (χ4n) is 2.58. The molecule has 0 saturated carbocycles. The number of thioether (sulfide) groups is 1. The molecule has 1 aliphatic rings. The van der Waals surface area contributed by atoms with Crippen molar-refractivity contribution in [2.45, 2.75) is 36.0 Å². The van der Waals surface area contributed by atoms with E-state index >= 15 is 0 Å². The zero-order chi connectivity index (χ0) is 14.7. The van der Waals surface area contributed by atoms with E-state index in [2.05, 4.69) is 43.3 Å². The molecule has 1 aliphatic heterocycles. The number of fused-ring (bicyclic) bond motifs is 1. The first kappa shape index (κ1) is 14.5. The lowest BCUT2D eigenvalue weighted by Gasteiger charge is -2.13. The Morgan fingerprint density at radius 2 is 1.95 bits per heavy atom. The van der Waals surface area contributed by atoms with Gasteiger partial charge in [-0.05, 0) is 42.2 Å². The van der Waals surface area contributed by atoms with Crippen LogP contribution in [0.4, 0.5) is 0 Å². The van der Waals surface area contributed by atoms with Gasteiger partial charge in [0.15, 0.2) is 0 Å². The van der Waals surface area contributed by atoms with Crippen LogP contribution >= 0.6 is 11.8 Å². The van der Waals surface area contributed by atoms with E-state index in [1.807, 2.05) is 23.9 Å². The van der Waals surface area contributed by atoms with Gasteiger partial charge >= 0.3 is 0 Å². The van der Waals surface area contributed by atoms with Crippen LogP contribution < -0.4 is 10.5 Å². The maximum absolute atomic E-state index is 6.02. The molecule has 0 fully saturated rings. The van der Waals surface area contributed by atoms with Crippen LogP contribution in [0.2, 0.25) is 0 Å². The Bertz CT molecular complexity index is 571. The highest BCUT2D eigenvalue weighted by molar-refractivity contribution is 8.00. The molecule has 0 aliphatic carbocycles. The second kappa shape index (κ2) is 6.54. The lowest BCUT2D eigenvalue weighted by Crippen LogP contribution is -2.13. The molecule has 0 saturated heterocycles. The van der Waals surface area contributed by atoms with Crippen LogP contribution in [0.5, 0.6) is 5.75 Å². The molecule has 3 rings (SSSR count). The van der Waals surface area contributed by atoms with Crippen LogP contribution in [0.25, 0.3) is 0 Å². The molecule has 0 aromatic heterocycles. The van der Waals surface area contributed by atoms with E-state index in [1.165, 1.54) is 16.0 Å². The molecule has 2 atom stereocenters. The van der Waals surface area contributed by atoms with E-state index in [0.29, 0.717) is 5.25 Å². The van der Waals surface area contributed by atoms with Gasteiger partial charge in [0.05, 0.1) is 0 Å². The van der Waals surface area contributed by atoms with Gasteiger partial charge in [-0.25, -0.2) is 0 Å². The summed E-state index contributed by atoms with van der Waals surface area (Å²) in [4.78, 5) is 1.40. The van der Waals surface area contributed by atoms with Crippen molar-refractivity contribution in [3.8, 4) is 5.75 Å². The van der Waals surface area contributed by atoms with E-state index in [-0.39, 0.29) is 6.04 Å². The van der Waals surface area contributed by atoms with Crippen molar-refractivity contribution in [2.75, 3.05) is 6.61 Å². The van der Waals surface area contributed by atoms with Crippen molar-refractivity contribution in [1.82, 2.24) is 0 Å². The summed E-state index contributed by atoms with van der Waals surface area (Å²) < 4.78 is 5.93. The van der Waals surface area contributed by atoms with Crippen molar-refractivity contribution in [1.29, 1.82) is 0 Å². The smallest absolute Gasteiger partial charge is 0.119 e. The van der Waals surface area contributed by atoms with Crippen LogP contribution in [0.3, 0.4) is 0 Å². The van der Waals surface area contributed by atoms with Gasteiger partial charge in [0.2, 0.25) is 0 Å². The molecule has 2 aromatic rings. The quantitative estimate of drug-likeness (QED) is 0.899. The molecule has 2 nitrogen and oxygen atoms in total. The Balaban J connectivity index is 1.55. The highest BCUT2D eigenvalue weighted by Crippen LogP contribution is 2.36. The van der Waals surface area contributed by atoms with Crippen molar-refractivity contribution < 1.29 is 4.74 Å². The van der Waals surface area contributed by atoms with Crippen molar-refractivity contribution >= 4 is 11.8 Å². The summed E-state index contributed by atoms with van der Waals surface area (Å²) in [6.45, 7) is 2.85. The van der Waals surface area contributed by atoms with Crippen LogP contribution in [0, 0.1) is 0 Å². The largest absolute Gasteiger partial charge is 0.492 e. The molecular formula is C18H21NOS. The summed E-state index contributed by atoms with van der Waals surface area (Å²) in [5, 5.41) is 0.514. The van der Waals surface area contributed by atoms with E-state index in [1.54, 1.807) is 0 Å². The standard InChI is InChI=1S/C18H21NOS/c1-2-17(19)13-7-9-15(10-8-13)20-12-16-11-14-5-3-4-6-18(14)21-16/h3-10,16-17H,2,11-12,19H2,1H3/t16?,17-/m1/s1. The molecule has 0 spiro atoms. The highest BCUT2D eigenvalue weighted by atomic mass is 32.2. The number of rotatable bonds is 5. The summed E-state index contributed by atoms with van der Waals surface area (Å²) in [5.74, 6) is 0.929. The van der Waals surface area contributed by atoms with E-state index in [9.17, 15) is 0 Å². The number of hydrogen-bond donors (Lipinski definition) is 1. The molecule has 1 heterocycles. The normalized spacial score (nSPS) is 18.3. The minimum absolute atomic E-state index is 0.124. The maximum Gasteiger partial charge on any atom is 0.119 e. The maximum atomic E-state index is 6.02. The summed E-state index contributed by atoms with van der Waals surface area (Å²) >= 11 is 1.92. The van der Waals surface area contributed by atoms with Gasteiger partial charge in [-0.15, -0.1) is 11.8 Å². The third-order valence-electron chi connectivity index (χ3n) is 3.90. The highest BCUT2D eigenvalue weighted by Gasteiger charge is 2.22. The molecule has 2 N–H and O–H groups in total. The molecule has 0 bridgehead atoms. The van der Waals surface area contributed by atoms with Crippen LogP contribution in [0.15, 0.2) is 53.4 Å². The first-order valence-electron chi connectivity index (χ1n) is 7.49. The zero-order valence-electron chi connectivity index (χ0n) is 12.3. The molecular weight excluding hydrogens is 278 g/mol.